The third-order valence-electron chi connectivity index (χ3n) is 4.49. The lowest BCUT2D eigenvalue weighted by molar-refractivity contribution is 0.188. The van der Waals surface area contributed by atoms with Gasteiger partial charge in [0.05, 0.1) is 6.26 Å². The van der Waals surface area contributed by atoms with Gasteiger partial charge in [0.1, 0.15) is 5.82 Å². The molecule has 1 fully saturated rings. The van der Waals surface area contributed by atoms with Gasteiger partial charge in [-0.15, -0.1) is 0 Å². The van der Waals surface area contributed by atoms with E-state index in [4.69, 9.17) is 11.6 Å². The largest absolute Gasteiger partial charge is 0.370 e. The molecule has 1 saturated heterocycles. The van der Waals surface area contributed by atoms with Crippen LogP contribution in [0.4, 0.5) is 17.5 Å². The summed E-state index contributed by atoms with van der Waals surface area (Å²) in [5.41, 5.74) is 0.831. The Hall–Kier alpha value is -1.94. The van der Waals surface area contributed by atoms with Gasteiger partial charge in [-0.1, -0.05) is 17.7 Å². The van der Waals surface area contributed by atoms with E-state index < -0.39 is 10.0 Å². The number of piperazine rings is 1. The first-order valence-electron chi connectivity index (χ1n) is 9.17. The van der Waals surface area contributed by atoms with Gasteiger partial charge in [-0.3, -0.25) is 0 Å². The van der Waals surface area contributed by atoms with Crippen molar-refractivity contribution in [2.75, 3.05) is 56.2 Å². The van der Waals surface area contributed by atoms with Gasteiger partial charge in [-0.25, -0.2) is 13.4 Å². The number of nitrogens with one attached hydrogen (secondary N) is 2. The van der Waals surface area contributed by atoms with Crippen LogP contribution >= 0.6 is 11.6 Å². The fourth-order valence-electron chi connectivity index (χ4n) is 3.02. The molecule has 0 bridgehead atoms. The fourth-order valence-corrected chi connectivity index (χ4v) is 4.03. The third-order valence-corrected chi connectivity index (χ3v) is 6.03. The Balaban J connectivity index is 1.41. The van der Waals surface area contributed by atoms with Crippen LogP contribution < -0.4 is 10.6 Å². The van der Waals surface area contributed by atoms with E-state index in [0.717, 1.165) is 44.1 Å². The van der Waals surface area contributed by atoms with E-state index in [1.54, 1.807) is 6.20 Å². The van der Waals surface area contributed by atoms with E-state index in [-0.39, 0.29) is 0 Å². The summed E-state index contributed by atoms with van der Waals surface area (Å²) in [6.45, 7) is 4.37. The molecule has 0 amide bonds. The molecule has 1 aliphatic rings. The summed E-state index contributed by atoms with van der Waals surface area (Å²) < 4.78 is 24.6. The lowest BCUT2D eigenvalue weighted by Crippen LogP contribution is -2.48. The van der Waals surface area contributed by atoms with Crippen molar-refractivity contribution >= 4 is 39.1 Å². The van der Waals surface area contributed by atoms with E-state index >= 15 is 0 Å². The summed E-state index contributed by atoms with van der Waals surface area (Å²) in [6.07, 6.45) is 3.91. The quantitative estimate of drug-likeness (QED) is 0.628. The monoisotopic (exact) mass is 424 g/mol. The zero-order valence-electron chi connectivity index (χ0n) is 15.8. The minimum Gasteiger partial charge on any atom is -0.370 e. The molecule has 0 saturated carbocycles. The number of aromatic nitrogens is 2. The lowest BCUT2D eigenvalue weighted by atomic mass is 10.3. The van der Waals surface area contributed by atoms with Crippen LogP contribution in [0.2, 0.25) is 5.02 Å². The highest BCUT2D eigenvalue weighted by Crippen LogP contribution is 2.18. The molecule has 0 atom stereocenters. The van der Waals surface area contributed by atoms with Crippen molar-refractivity contribution in [3.05, 3.63) is 41.6 Å². The van der Waals surface area contributed by atoms with Crippen molar-refractivity contribution < 1.29 is 8.42 Å². The normalized spacial score (nSPS) is 16.1. The second-order valence-corrected chi connectivity index (χ2v) is 9.10. The van der Waals surface area contributed by atoms with Crippen molar-refractivity contribution in [2.24, 2.45) is 0 Å². The molecule has 10 heteroatoms. The van der Waals surface area contributed by atoms with Gasteiger partial charge in [-0.05, 0) is 37.2 Å². The first kappa shape index (κ1) is 20.8. The van der Waals surface area contributed by atoms with E-state index in [0.29, 0.717) is 24.1 Å². The fraction of sp³-hybridized carbons (Fsp3) is 0.444. The van der Waals surface area contributed by atoms with Crippen molar-refractivity contribution in [3.8, 4) is 0 Å². The Morgan fingerprint density at radius 1 is 1.18 bits per heavy atom. The standard InChI is InChI=1S/C18H25ClN6O2S/c1-28(26,27)25-12-10-24(11-13-25)9-3-7-20-17-6-8-21-18(23-17)22-16-5-2-4-15(19)14-16/h2,4-6,8,14H,3,7,9-13H2,1H3,(H2,20,21,22,23). The topological polar surface area (TPSA) is 90.5 Å². The van der Waals surface area contributed by atoms with E-state index in [9.17, 15) is 8.42 Å². The molecule has 1 aromatic heterocycles. The molecule has 2 aromatic rings. The van der Waals surface area contributed by atoms with Gasteiger partial charge in [0.2, 0.25) is 16.0 Å². The van der Waals surface area contributed by atoms with Crippen LogP contribution in [0.1, 0.15) is 6.42 Å². The maximum Gasteiger partial charge on any atom is 0.229 e. The van der Waals surface area contributed by atoms with Crippen LogP contribution in [-0.4, -0.2) is 73.1 Å². The van der Waals surface area contributed by atoms with Crippen molar-refractivity contribution in [3.63, 3.8) is 0 Å². The highest BCUT2D eigenvalue weighted by molar-refractivity contribution is 7.88. The lowest BCUT2D eigenvalue weighted by Gasteiger charge is -2.33. The van der Waals surface area contributed by atoms with Crippen LogP contribution in [0.15, 0.2) is 36.5 Å². The molecule has 152 valence electrons. The first-order valence-corrected chi connectivity index (χ1v) is 11.4. The molecular weight excluding hydrogens is 400 g/mol. The molecule has 0 radical (unpaired) electrons. The Morgan fingerprint density at radius 2 is 1.96 bits per heavy atom. The smallest absolute Gasteiger partial charge is 0.229 e. The number of benzene rings is 1. The number of rotatable bonds is 8. The van der Waals surface area contributed by atoms with Crippen LogP contribution in [0.25, 0.3) is 0 Å². The van der Waals surface area contributed by atoms with Crippen molar-refractivity contribution in [1.29, 1.82) is 0 Å². The number of nitrogens with zero attached hydrogens (tertiary/aromatic N) is 4. The molecule has 2 N–H and O–H groups in total. The maximum atomic E-state index is 11.5. The predicted octanol–water partition coefficient (Wildman–Crippen LogP) is 2.25. The molecule has 0 unspecified atom stereocenters. The zero-order chi connectivity index (χ0) is 20.0. The average molecular weight is 425 g/mol. The molecule has 1 aliphatic heterocycles. The van der Waals surface area contributed by atoms with Gasteiger partial charge in [-0.2, -0.15) is 9.29 Å². The van der Waals surface area contributed by atoms with Gasteiger partial charge in [0, 0.05) is 49.6 Å². The number of hydrogen-bond donors (Lipinski definition) is 2. The minimum atomic E-state index is -3.07. The Bertz CT molecular complexity index is 887. The second kappa shape index (κ2) is 9.51. The van der Waals surface area contributed by atoms with Crippen LogP contribution in [0.5, 0.6) is 0 Å². The maximum absolute atomic E-state index is 11.5. The minimum absolute atomic E-state index is 0.504. The van der Waals surface area contributed by atoms with Gasteiger partial charge >= 0.3 is 0 Å². The molecule has 3 rings (SSSR count). The zero-order valence-corrected chi connectivity index (χ0v) is 17.4. The Labute approximate surface area is 171 Å². The molecular formula is C18H25ClN6O2S. The van der Waals surface area contributed by atoms with E-state index in [1.807, 2.05) is 30.3 Å². The van der Waals surface area contributed by atoms with Crippen LogP contribution in [0, 0.1) is 0 Å². The first-order chi connectivity index (χ1) is 13.4. The number of sulfonamides is 1. The highest BCUT2D eigenvalue weighted by atomic mass is 35.5. The number of anilines is 3. The van der Waals surface area contributed by atoms with Gasteiger partial charge < -0.3 is 15.5 Å². The molecule has 8 nitrogen and oxygen atoms in total. The Morgan fingerprint density at radius 3 is 2.68 bits per heavy atom. The molecule has 1 aromatic carbocycles. The van der Waals surface area contributed by atoms with Crippen LogP contribution in [-0.2, 0) is 10.0 Å². The summed E-state index contributed by atoms with van der Waals surface area (Å²) in [4.78, 5) is 11.0. The number of halogens is 1. The Kier molecular flexibility index (Phi) is 7.06. The summed E-state index contributed by atoms with van der Waals surface area (Å²) >= 11 is 5.99. The third kappa shape index (κ3) is 6.30. The highest BCUT2D eigenvalue weighted by Gasteiger charge is 2.22. The SMILES string of the molecule is CS(=O)(=O)N1CCN(CCCNc2ccnc(Nc3cccc(Cl)c3)n2)CC1. The summed E-state index contributed by atoms with van der Waals surface area (Å²) in [6, 6.07) is 9.22. The van der Waals surface area contributed by atoms with Crippen molar-refractivity contribution in [2.45, 2.75) is 6.42 Å². The van der Waals surface area contributed by atoms with Crippen LogP contribution in [0.3, 0.4) is 0 Å². The predicted molar refractivity (Wildman–Crippen MR) is 113 cm³/mol. The van der Waals surface area contributed by atoms with Gasteiger partial charge in [0.15, 0.2) is 0 Å². The van der Waals surface area contributed by atoms with Gasteiger partial charge in [0.25, 0.3) is 0 Å². The summed E-state index contributed by atoms with van der Waals surface area (Å²) in [5, 5.41) is 7.09. The number of hydrogen-bond acceptors (Lipinski definition) is 7. The second-order valence-electron chi connectivity index (χ2n) is 6.68. The summed E-state index contributed by atoms with van der Waals surface area (Å²) in [7, 11) is -3.07. The van der Waals surface area contributed by atoms with E-state index in [1.165, 1.54) is 10.6 Å². The van der Waals surface area contributed by atoms with Crippen molar-refractivity contribution in [1.82, 2.24) is 19.2 Å². The van der Waals surface area contributed by atoms with E-state index in [2.05, 4.69) is 25.5 Å². The average Bonchev–Trinajstić information content (AvgIpc) is 2.65. The molecule has 2 heterocycles. The molecule has 28 heavy (non-hydrogen) atoms. The summed E-state index contributed by atoms with van der Waals surface area (Å²) in [5.74, 6) is 1.26. The molecule has 0 aliphatic carbocycles. The molecule has 0 spiro atoms.